The van der Waals surface area contributed by atoms with Crippen LogP contribution in [0.25, 0.3) is 6.08 Å². The number of phenols is 1. The van der Waals surface area contributed by atoms with E-state index >= 15 is 0 Å². The molecule has 0 atom stereocenters. The van der Waals surface area contributed by atoms with Crippen molar-refractivity contribution >= 4 is 51.9 Å². The fraction of sp³-hybridized carbons (Fsp3) is 0.167. The number of phenolic OH excluding ortho intramolecular Hbond substituents is 1. The van der Waals surface area contributed by atoms with E-state index < -0.39 is 0 Å². The first kappa shape index (κ1) is 14.2. The van der Waals surface area contributed by atoms with Crippen LogP contribution in [0.4, 0.5) is 0 Å². The molecule has 4 nitrogen and oxygen atoms in total. The molecule has 0 radical (unpaired) electrons. The van der Waals surface area contributed by atoms with Gasteiger partial charge in [-0.2, -0.15) is 0 Å². The van der Waals surface area contributed by atoms with Gasteiger partial charge in [-0.3, -0.25) is 9.69 Å². The molecule has 0 unspecified atom stereocenters. The van der Waals surface area contributed by atoms with Gasteiger partial charge in [0.2, 0.25) is 0 Å². The van der Waals surface area contributed by atoms with Crippen molar-refractivity contribution < 1.29 is 14.6 Å². The summed E-state index contributed by atoms with van der Waals surface area (Å²) in [5, 5.41) is 10.4. The maximum Gasteiger partial charge on any atom is 0.265 e. The molecular formula is C12H10ClNO3S2. The fourth-order valence-corrected chi connectivity index (χ4v) is 2.93. The molecule has 2 rings (SSSR count). The van der Waals surface area contributed by atoms with E-state index in [0.29, 0.717) is 19.8 Å². The number of thioether (sulfide) groups is 1. The van der Waals surface area contributed by atoms with E-state index in [2.05, 4.69) is 0 Å². The third kappa shape index (κ3) is 2.70. The summed E-state index contributed by atoms with van der Waals surface area (Å²) < 4.78 is 5.48. The minimum absolute atomic E-state index is 0.0618. The molecule has 0 aliphatic carbocycles. The van der Waals surface area contributed by atoms with Crippen molar-refractivity contribution in [2.75, 3.05) is 14.2 Å². The number of hydrogen-bond acceptors (Lipinski definition) is 5. The smallest absolute Gasteiger partial charge is 0.265 e. The van der Waals surface area contributed by atoms with E-state index in [1.807, 2.05) is 0 Å². The number of thiocarbonyl (C=S) groups is 1. The van der Waals surface area contributed by atoms with Crippen molar-refractivity contribution in [2.45, 2.75) is 0 Å². The summed E-state index contributed by atoms with van der Waals surface area (Å²) in [5.74, 6) is -0.00709. The number of halogens is 1. The van der Waals surface area contributed by atoms with Crippen molar-refractivity contribution in [3.63, 3.8) is 0 Å². The second kappa shape index (κ2) is 5.40. The molecule has 1 saturated heterocycles. The van der Waals surface area contributed by atoms with Gasteiger partial charge in [0.15, 0.2) is 11.5 Å². The van der Waals surface area contributed by atoms with Gasteiger partial charge < -0.3 is 9.84 Å². The highest BCUT2D eigenvalue weighted by atomic mass is 35.5. The summed E-state index contributed by atoms with van der Waals surface area (Å²) in [5.41, 5.74) is 0.415. The van der Waals surface area contributed by atoms with Gasteiger partial charge in [0, 0.05) is 23.7 Å². The predicted molar refractivity (Wildman–Crippen MR) is 80.6 cm³/mol. The number of methoxy groups -OCH3 is 1. The van der Waals surface area contributed by atoms with Crippen LogP contribution in [0.2, 0.25) is 5.02 Å². The van der Waals surface area contributed by atoms with E-state index in [0.717, 1.165) is 0 Å². The summed E-state index contributed by atoms with van der Waals surface area (Å²) in [6, 6.07) is 3.06. The number of likely N-dealkylation sites (N-methyl/N-ethyl adjacent to an activating group) is 1. The lowest BCUT2D eigenvalue weighted by Gasteiger charge is -2.07. The largest absolute Gasteiger partial charge is 0.504 e. The van der Waals surface area contributed by atoms with Gasteiger partial charge in [0.05, 0.1) is 12.0 Å². The van der Waals surface area contributed by atoms with Crippen LogP contribution in [0, 0.1) is 0 Å². The molecule has 1 aliphatic heterocycles. The maximum atomic E-state index is 11.9. The van der Waals surface area contributed by atoms with E-state index in [1.54, 1.807) is 19.2 Å². The fourth-order valence-electron chi connectivity index (χ4n) is 1.55. The zero-order valence-corrected chi connectivity index (χ0v) is 12.5. The first-order chi connectivity index (χ1) is 8.93. The Morgan fingerprint density at radius 3 is 2.74 bits per heavy atom. The first-order valence-electron chi connectivity index (χ1n) is 5.22. The molecule has 0 bridgehead atoms. The summed E-state index contributed by atoms with van der Waals surface area (Å²) in [6.07, 6.45) is 1.55. The van der Waals surface area contributed by atoms with Gasteiger partial charge in [-0.05, 0) is 12.1 Å². The Bertz CT molecular complexity index is 601. The van der Waals surface area contributed by atoms with Crippen LogP contribution >= 0.6 is 35.6 Å². The molecule has 1 aromatic rings. The van der Waals surface area contributed by atoms with E-state index in [-0.39, 0.29) is 17.4 Å². The molecule has 7 heteroatoms. The van der Waals surface area contributed by atoms with Crippen LogP contribution in [0.15, 0.2) is 17.0 Å². The lowest BCUT2D eigenvalue weighted by atomic mass is 10.1. The molecule has 100 valence electrons. The predicted octanol–water partition coefficient (Wildman–Crippen LogP) is 2.89. The highest BCUT2D eigenvalue weighted by Gasteiger charge is 2.29. The van der Waals surface area contributed by atoms with Gasteiger partial charge in [0.1, 0.15) is 4.32 Å². The van der Waals surface area contributed by atoms with Crippen LogP contribution in [-0.4, -0.2) is 34.4 Å². The van der Waals surface area contributed by atoms with Gasteiger partial charge in [-0.15, -0.1) is 0 Å². The zero-order valence-electron chi connectivity index (χ0n) is 10.1. The maximum absolute atomic E-state index is 11.9. The molecule has 0 aromatic heterocycles. The molecule has 1 aliphatic rings. The second-order valence-corrected chi connectivity index (χ2v) is 5.90. The quantitative estimate of drug-likeness (QED) is 0.672. The van der Waals surface area contributed by atoms with Gasteiger partial charge >= 0.3 is 0 Å². The standard InChI is InChI=1S/C12H10ClNO3S2/c1-14-11(16)9(19-12(14)18)4-6-3-7(13)5-8(17-2)10(6)15/h3-5,15H,1-2H3/b9-4-. The summed E-state index contributed by atoms with van der Waals surface area (Å²) in [7, 11) is 3.04. The Kier molecular flexibility index (Phi) is 4.03. The third-order valence-corrected chi connectivity index (χ3v) is 4.27. The molecule has 1 fully saturated rings. The van der Waals surface area contributed by atoms with Crippen LogP contribution in [0.3, 0.4) is 0 Å². The number of nitrogens with zero attached hydrogens (tertiary/aromatic N) is 1. The minimum Gasteiger partial charge on any atom is -0.504 e. The van der Waals surface area contributed by atoms with Crippen LogP contribution < -0.4 is 4.74 Å². The van der Waals surface area contributed by atoms with Crippen LogP contribution in [0.5, 0.6) is 11.5 Å². The van der Waals surface area contributed by atoms with Crippen LogP contribution in [0.1, 0.15) is 5.56 Å². The second-order valence-electron chi connectivity index (χ2n) is 3.79. The molecular weight excluding hydrogens is 306 g/mol. The number of ether oxygens (including phenoxy) is 1. The van der Waals surface area contributed by atoms with Gasteiger partial charge in [-0.25, -0.2) is 0 Å². The zero-order chi connectivity index (χ0) is 14.2. The number of rotatable bonds is 2. The van der Waals surface area contributed by atoms with E-state index in [9.17, 15) is 9.90 Å². The van der Waals surface area contributed by atoms with Crippen molar-refractivity contribution in [3.05, 3.63) is 27.6 Å². The van der Waals surface area contributed by atoms with E-state index in [4.69, 9.17) is 28.6 Å². The number of hydrogen-bond donors (Lipinski definition) is 1. The lowest BCUT2D eigenvalue weighted by Crippen LogP contribution is -2.22. The lowest BCUT2D eigenvalue weighted by molar-refractivity contribution is -0.121. The minimum atomic E-state index is -0.201. The Balaban J connectivity index is 2.47. The normalized spacial score (nSPS) is 17.4. The number of carbonyl (C=O) groups excluding carboxylic acids is 1. The number of carbonyl (C=O) groups is 1. The molecule has 1 amide bonds. The summed E-state index contributed by atoms with van der Waals surface area (Å²) in [6.45, 7) is 0. The highest BCUT2D eigenvalue weighted by Crippen LogP contribution is 2.38. The first-order valence-corrected chi connectivity index (χ1v) is 6.82. The Hall–Kier alpha value is -1.24. The molecule has 0 saturated carbocycles. The SMILES string of the molecule is COc1cc(Cl)cc(/C=C2\SC(=S)N(C)C2=O)c1O. The number of amides is 1. The number of aromatic hydroxyl groups is 1. The topological polar surface area (TPSA) is 49.8 Å². The average molecular weight is 316 g/mol. The Morgan fingerprint density at radius 2 is 2.21 bits per heavy atom. The Morgan fingerprint density at radius 1 is 1.53 bits per heavy atom. The Labute approximate surface area is 125 Å². The molecule has 19 heavy (non-hydrogen) atoms. The van der Waals surface area contributed by atoms with Crippen molar-refractivity contribution in [2.24, 2.45) is 0 Å². The highest BCUT2D eigenvalue weighted by molar-refractivity contribution is 8.26. The van der Waals surface area contributed by atoms with Crippen molar-refractivity contribution in [1.82, 2.24) is 4.90 Å². The van der Waals surface area contributed by atoms with Crippen molar-refractivity contribution in [3.8, 4) is 11.5 Å². The molecule has 1 heterocycles. The van der Waals surface area contributed by atoms with Crippen molar-refractivity contribution in [1.29, 1.82) is 0 Å². The number of benzene rings is 1. The third-order valence-electron chi connectivity index (χ3n) is 2.56. The monoisotopic (exact) mass is 315 g/mol. The van der Waals surface area contributed by atoms with Gasteiger partial charge in [0.25, 0.3) is 5.91 Å². The molecule has 1 N–H and O–H groups in total. The van der Waals surface area contributed by atoms with E-state index in [1.165, 1.54) is 29.8 Å². The summed E-state index contributed by atoms with van der Waals surface area (Å²) in [4.78, 5) is 13.7. The van der Waals surface area contributed by atoms with Crippen LogP contribution in [-0.2, 0) is 4.79 Å². The van der Waals surface area contributed by atoms with Gasteiger partial charge in [-0.1, -0.05) is 35.6 Å². The summed E-state index contributed by atoms with van der Waals surface area (Å²) >= 11 is 12.1. The average Bonchev–Trinajstić information content (AvgIpc) is 2.61. The molecule has 0 spiro atoms. The molecule has 1 aromatic carbocycles.